The normalized spacial score (nSPS) is 29.1. The number of nitrogens with zero attached hydrogens (tertiary/aromatic N) is 2. The molecular weight excluding hydrogens is 334 g/mol. The first kappa shape index (κ1) is 17.9. The van der Waals surface area contributed by atoms with Gasteiger partial charge in [-0.3, -0.25) is 9.48 Å². The molecule has 4 rings (SSSR count). The summed E-state index contributed by atoms with van der Waals surface area (Å²) >= 11 is 0. The summed E-state index contributed by atoms with van der Waals surface area (Å²) in [6.45, 7) is 5.69. The van der Waals surface area contributed by atoms with E-state index in [0.717, 1.165) is 24.1 Å². The molecule has 0 radical (unpaired) electrons. The van der Waals surface area contributed by atoms with Crippen LogP contribution in [0, 0.1) is 5.41 Å². The molecule has 1 saturated carbocycles. The summed E-state index contributed by atoms with van der Waals surface area (Å²) in [5.41, 5.74) is 1.55. The minimum atomic E-state index is -0.721. The number of carbonyl (C=O) groups excluding carboxylic acids is 1. The molecule has 1 aliphatic carbocycles. The van der Waals surface area contributed by atoms with Crippen LogP contribution in [0.4, 0.5) is 0 Å². The van der Waals surface area contributed by atoms with Gasteiger partial charge in [0.1, 0.15) is 5.69 Å². The fraction of sp³-hybridized carbons (Fsp3) is 0.789. The Morgan fingerprint density at radius 1 is 1.31 bits per heavy atom. The molecule has 0 bridgehead atoms. The zero-order valence-electron chi connectivity index (χ0n) is 15.9. The maximum atomic E-state index is 13.0. The minimum absolute atomic E-state index is 0.0750. The van der Waals surface area contributed by atoms with Crippen LogP contribution >= 0.6 is 0 Å². The number of nitrogens with one attached hydrogen (secondary N) is 1. The molecule has 7 nitrogen and oxygen atoms in total. The van der Waals surface area contributed by atoms with Crippen molar-refractivity contribution >= 4 is 5.91 Å². The van der Waals surface area contributed by atoms with E-state index in [2.05, 4.69) is 10.4 Å². The lowest BCUT2D eigenvalue weighted by Gasteiger charge is -2.39. The summed E-state index contributed by atoms with van der Waals surface area (Å²) in [5, 5.41) is 18.7. The molecule has 2 fully saturated rings. The molecular formula is C19H29N3O4. The van der Waals surface area contributed by atoms with E-state index in [-0.39, 0.29) is 23.5 Å². The smallest absolute Gasteiger partial charge is 0.269 e. The van der Waals surface area contributed by atoms with Gasteiger partial charge in [0.2, 0.25) is 0 Å². The van der Waals surface area contributed by atoms with Gasteiger partial charge in [0, 0.05) is 57.0 Å². The Hall–Kier alpha value is -1.44. The number of hydrogen-bond acceptors (Lipinski definition) is 5. The number of rotatable bonds is 4. The second-order valence-electron chi connectivity index (χ2n) is 8.24. The molecule has 0 spiro atoms. The average Bonchev–Trinajstić information content (AvgIpc) is 3.32. The molecule has 1 aromatic heterocycles. The lowest BCUT2D eigenvalue weighted by atomic mass is 9.78. The van der Waals surface area contributed by atoms with Crippen molar-refractivity contribution in [2.24, 2.45) is 12.5 Å². The van der Waals surface area contributed by atoms with Crippen LogP contribution in [0.15, 0.2) is 0 Å². The van der Waals surface area contributed by atoms with Gasteiger partial charge >= 0.3 is 0 Å². The average molecular weight is 363 g/mol. The summed E-state index contributed by atoms with van der Waals surface area (Å²) in [4.78, 5) is 13.0. The Morgan fingerprint density at radius 2 is 2.00 bits per heavy atom. The van der Waals surface area contributed by atoms with Crippen LogP contribution in [0.3, 0.4) is 0 Å². The molecule has 26 heavy (non-hydrogen) atoms. The van der Waals surface area contributed by atoms with Crippen molar-refractivity contribution in [1.29, 1.82) is 0 Å². The van der Waals surface area contributed by atoms with E-state index in [1.54, 1.807) is 4.68 Å². The summed E-state index contributed by atoms with van der Waals surface area (Å²) < 4.78 is 12.9. The standard InChI is InChI=1S/C19H29N3O4/c1-12-10-14-15(13(2)26-12)21-22(3)16(14)17(23)20-11-18(4-5-18)19(24)6-8-25-9-7-19/h12-13,24H,4-11H2,1-3H3,(H,20,23)/t12-,13+/m1/s1. The molecule has 0 unspecified atom stereocenters. The third-order valence-electron chi connectivity index (χ3n) is 6.45. The second-order valence-corrected chi connectivity index (χ2v) is 8.24. The molecule has 7 heteroatoms. The Bertz CT molecular complexity index is 704. The second kappa shape index (κ2) is 6.32. The van der Waals surface area contributed by atoms with Crippen LogP contribution in [0.5, 0.6) is 0 Å². The van der Waals surface area contributed by atoms with Gasteiger partial charge < -0.3 is 19.9 Å². The molecule has 0 aromatic carbocycles. The molecule has 1 saturated heterocycles. The fourth-order valence-corrected chi connectivity index (χ4v) is 4.68. The van der Waals surface area contributed by atoms with Crippen LogP contribution in [-0.2, 0) is 22.9 Å². The van der Waals surface area contributed by atoms with E-state index in [4.69, 9.17) is 9.47 Å². The minimum Gasteiger partial charge on any atom is -0.389 e. The third-order valence-corrected chi connectivity index (χ3v) is 6.45. The first-order valence-electron chi connectivity index (χ1n) is 9.65. The largest absolute Gasteiger partial charge is 0.389 e. The van der Waals surface area contributed by atoms with Gasteiger partial charge in [0.05, 0.1) is 23.5 Å². The van der Waals surface area contributed by atoms with Crippen molar-refractivity contribution in [3.8, 4) is 0 Å². The molecule has 3 heterocycles. The Balaban J connectivity index is 1.50. The highest BCUT2D eigenvalue weighted by atomic mass is 16.5. The highest BCUT2D eigenvalue weighted by molar-refractivity contribution is 5.94. The van der Waals surface area contributed by atoms with Crippen LogP contribution in [0.2, 0.25) is 0 Å². The molecule has 144 valence electrons. The maximum Gasteiger partial charge on any atom is 0.269 e. The Kier molecular flexibility index (Phi) is 4.36. The summed E-state index contributed by atoms with van der Waals surface area (Å²) in [7, 11) is 1.81. The van der Waals surface area contributed by atoms with Crippen LogP contribution in [0.25, 0.3) is 0 Å². The van der Waals surface area contributed by atoms with E-state index in [9.17, 15) is 9.90 Å². The van der Waals surface area contributed by atoms with E-state index in [1.807, 2.05) is 20.9 Å². The molecule has 1 amide bonds. The number of amides is 1. The summed E-state index contributed by atoms with van der Waals surface area (Å²) in [5.74, 6) is -0.107. The van der Waals surface area contributed by atoms with Crippen molar-refractivity contribution in [2.45, 2.75) is 63.8 Å². The van der Waals surface area contributed by atoms with Crippen molar-refractivity contribution in [2.75, 3.05) is 19.8 Å². The number of aliphatic hydroxyl groups is 1. The van der Waals surface area contributed by atoms with Gasteiger partial charge in [0.15, 0.2) is 0 Å². The number of aryl methyl sites for hydroxylation is 1. The van der Waals surface area contributed by atoms with Crippen molar-refractivity contribution in [1.82, 2.24) is 15.1 Å². The third kappa shape index (κ3) is 2.86. The summed E-state index contributed by atoms with van der Waals surface area (Å²) in [6, 6.07) is 0. The number of aromatic nitrogens is 2. The van der Waals surface area contributed by atoms with Crippen LogP contribution in [-0.4, -0.2) is 52.3 Å². The first-order valence-corrected chi connectivity index (χ1v) is 9.65. The van der Waals surface area contributed by atoms with Crippen LogP contribution < -0.4 is 5.32 Å². The number of carbonyl (C=O) groups is 1. The lowest BCUT2D eigenvalue weighted by molar-refractivity contribution is -0.108. The van der Waals surface area contributed by atoms with Gasteiger partial charge in [-0.05, 0) is 26.7 Å². The predicted octanol–water partition coefficient (Wildman–Crippen LogP) is 1.49. The molecule has 2 N–H and O–H groups in total. The van der Waals surface area contributed by atoms with Gasteiger partial charge in [-0.2, -0.15) is 5.10 Å². The van der Waals surface area contributed by atoms with Gasteiger partial charge in [-0.25, -0.2) is 0 Å². The molecule has 3 aliphatic rings. The monoisotopic (exact) mass is 363 g/mol. The quantitative estimate of drug-likeness (QED) is 0.847. The van der Waals surface area contributed by atoms with Crippen LogP contribution in [0.1, 0.15) is 67.4 Å². The van der Waals surface area contributed by atoms with E-state index in [0.29, 0.717) is 44.7 Å². The predicted molar refractivity (Wildman–Crippen MR) is 94.9 cm³/mol. The number of hydrogen-bond donors (Lipinski definition) is 2. The van der Waals surface area contributed by atoms with E-state index in [1.165, 1.54) is 0 Å². The first-order chi connectivity index (χ1) is 12.4. The SMILES string of the molecule is C[C@@H]1Cc2c(nn(C)c2C(=O)NCC2(C3(O)CCOCC3)CC2)[C@H](C)O1. The summed E-state index contributed by atoms with van der Waals surface area (Å²) in [6.07, 6.45) is 3.88. The highest BCUT2D eigenvalue weighted by Crippen LogP contribution is 2.57. The zero-order chi connectivity index (χ0) is 18.5. The molecule has 2 aliphatic heterocycles. The van der Waals surface area contributed by atoms with Crippen molar-refractivity contribution in [3.63, 3.8) is 0 Å². The zero-order valence-corrected chi connectivity index (χ0v) is 15.9. The van der Waals surface area contributed by atoms with Crippen molar-refractivity contribution < 1.29 is 19.4 Å². The van der Waals surface area contributed by atoms with Crippen molar-refractivity contribution in [3.05, 3.63) is 17.0 Å². The molecule has 2 atom stereocenters. The molecule has 1 aromatic rings. The Labute approximate surface area is 154 Å². The Morgan fingerprint density at radius 3 is 2.65 bits per heavy atom. The van der Waals surface area contributed by atoms with E-state index >= 15 is 0 Å². The number of fused-ring (bicyclic) bond motifs is 1. The fourth-order valence-electron chi connectivity index (χ4n) is 4.68. The lowest BCUT2D eigenvalue weighted by Crippen LogP contribution is -2.49. The topological polar surface area (TPSA) is 85.6 Å². The highest BCUT2D eigenvalue weighted by Gasteiger charge is 2.58. The van der Waals surface area contributed by atoms with Gasteiger partial charge in [-0.1, -0.05) is 0 Å². The van der Waals surface area contributed by atoms with Gasteiger partial charge in [-0.15, -0.1) is 0 Å². The maximum absolute atomic E-state index is 13.0. The van der Waals surface area contributed by atoms with Gasteiger partial charge in [0.25, 0.3) is 5.91 Å². The number of ether oxygens (including phenoxy) is 2. The van der Waals surface area contributed by atoms with E-state index < -0.39 is 5.60 Å².